The average Bonchev–Trinajstić information content (AvgIpc) is 3.22. The molecular formula is C19H22N2O4. The molecule has 6 nitrogen and oxygen atoms in total. The first kappa shape index (κ1) is 16.1. The SMILES string of the molecule is Cc1cc(C(=O)N2CC[C@@H](Oc3ccccn3)[C@H]3OCC[C@@H]32)c(C)o1. The van der Waals surface area contributed by atoms with Crippen molar-refractivity contribution in [1.29, 1.82) is 0 Å². The van der Waals surface area contributed by atoms with Gasteiger partial charge in [-0.05, 0) is 32.4 Å². The number of nitrogens with zero attached hydrogens (tertiary/aromatic N) is 2. The Labute approximate surface area is 146 Å². The number of piperidine rings is 1. The van der Waals surface area contributed by atoms with E-state index < -0.39 is 0 Å². The third-order valence-electron chi connectivity index (χ3n) is 4.97. The zero-order valence-corrected chi connectivity index (χ0v) is 14.5. The Bertz CT molecular complexity index is 758. The van der Waals surface area contributed by atoms with Gasteiger partial charge in [0.1, 0.15) is 23.7 Å². The Kier molecular flexibility index (Phi) is 4.21. The molecule has 0 radical (unpaired) electrons. The molecule has 1 amide bonds. The summed E-state index contributed by atoms with van der Waals surface area (Å²) in [6.45, 7) is 4.98. The summed E-state index contributed by atoms with van der Waals surface area (Å²) in [5.41, 5.74) is 0.646. The summed E-state index contributed by atoms with van der Waals surface area (Å²) in [5.74, 6) is 2.05. The molecule has 25 heavy (non-hydrogen) atoms. The van der Waals surface area contributed by atoms with Crippen LogP contribution in [-0.4, -0.2) is 47.2 Å². The lowest BCUT2D eigenvalue weighted by atomic mass is 9.94. The number of likely N-dealkylation sites (tertiary alicyclic amines) is 1. The first-order valence-electron chi connectivity index (χ1n) is 8.71. The molecule has 4 rings (SSSR count). The van der Waals surface area contributed by atoms with E-state index in [1.54, 1.807) is 6.20 Å². The minimum absolute atomic E-state index is 0.0196. The Balaban J connectivity index is 1.52. The summed E-state index contributed by atoms with van der Waals surface area (Å²) < 4.78 is 17.5. The highest BCUT2D eigenvalue weighted by molar-refractivity contribution is 5.95. The van der Waals surface area contributed by atoms with Crippen LogP contribution >= 0.6 is 0 Å². The van der Waals surface area contributed by atoms with Gasteiger partial charge in [0.2, 0.25) is 5.88 Å². The minimum atomic E-state index is -0.118. The van der Waals surface area contributed by atoms with Gasteiger partial charge in [0.25, 0.3) is 5.91 Å². The van der Waals surface area contributed by atoms with Crippen LogP contribution in [0.4, 0.5) is 0 Å². The smallest absolute Gasteiger partial charge is 0.257 e. The van der Waals surface area contributed by atoms with Crippen molar-refractivity contribution in [3.8, 4) is 5.88 Å². The van der Waals surface area contributed by atoms with E-state index in [1.807, 2.05) is 43.0 Å². The van der Waals surface area contributed by atoms with Crippen molar-refractivity contribution in [1.82, 2.24) is 9.88 Å². The molecule has 2 aromatic heterocycles. The van der Waals surface area contributed by atoms with E-state index in [4.69, 9.17) is 13.9 Å². The number of carbonyl (C=O) groups excluding carboxylic acids is 1. The van der Waals surface area contributed by atoms with Crippen LogP contribution in [0.5, 0.6) is 5.88 Å². The molecule has 0 spiro atoms. The molecule has 2 aromatic rings. The van der Waals surface area contributed by atoms with E-state index in [9.17, 15) is 4.79 Å². The highest BCUT2D eigenvalue weighted by atomic mass is 16.5. The fraction of sp³-hybridized carbons (Fsp3) is 0.474. The number of pyridine rings is 1. The Morgan fingerprint density at radius 2 is 2.20 bits per heavy atom. The van der Waals surface area contributed by atoms with Gasteiger partial charge in [-0.15, -0.1) is 0 Å². The van der Waals surface area contributed by atoms with E-state index in [2.05, 4.69) is 4.98 Å². The standard InChI is InChI=1S/C19H22N2O4/c1-12-11-14(13(2)24-12)19(22)21-9-6-16(18-15(21)7-10-23-18)25-17-5-3-4-8-20-17/h3-5,8,11,15-16,18H,6-7,9-10H2,1-2H3/t15-,16+,18-/m0/s1. The van der Waals surface area contributed by atoms with Gasteiger partial charge in [-0.25, -0.2) is 4.98 Å². The lowest BCUT2D eigenvalue weighted by Gasteiger charge is -2.40. The van der Waals surface area contributed by atoms with Crippen LogP contribution in [-0.2, 0) is 4.74 Å². The number of rotatable bonds is 3. The maximum Gasteiger partial charge on any atom is 0.257 e. The summed E-state index contributed by atoms with van der Waals surface area (Å²) in [5, 5.41) is 0. The Morgan fingerprint density at radius 3 is 2.92 bits per heavy atom. The zero-order chi connectivity index (χ0) is 17.4. The van der Waals surface area contributed by atoms with Gasteiger partial charge in [0.05, 0.1) is 11.6 Å². The van der Waals surface area contributed by atoms with E-state index in [0.717, 1.165) is 18.6 Å². The molecule has 2 fully saturated rings. The Morgan fingerprint density at radius 1 is 1.32 bits per heavy atom. The van der Waals surface area contributed by atoms with Gasteiger partial charge in [-0.1, -0.05) is 6.07 Å². The zero-order valence-electron chi connectivity index (χ0n) is 14.5. The predicted molar refractivity (Wildman–Crippen MR) is 90.6 cm³/mol. The van der Waals surface area contributed by atoms with Crippen LogP contribution in [0, 0.1) is 13.8 Å². The molecule has 132 valence electrons. The number of amides is 1. The first-order valence-corrected chi connectivity index (χ1v) is 8.71. The maximum absolute atomic E-state index is 13.0. The Hall–Kier alpha value is -2.34. The van der Waals surface area contributed by atoms with E-state index in [0.29, 0.717) is 30.4 Å². The molecule has 2 aliphatic rings. The summed E-state index contributed by atoms with van der Waals surface area (Å²) in [6.07, 6.45) is 3.06. The van der Waals surface area contributed by atoms with Crippen LogP contribution in [0.3, 0.4) is 0 Å². The quantitative estimate of drug-likeness (QED) is 0.858. The third kappa shape index (κ3) is 3.02. The molecule has 2 saturated heterocycles. The number of aryl methyl sites for hydroxylation is 2. The van der Waals surface area contributed by atoms with Crippen molar-refractivity contribution in [3.63, 3.8) is 0 Å². The number of fused-ring (bicyclic) bond motifs is 1. The molecule has 0 aliphatic carbocycles. The van der Waals surface area contributed by atoms with Gasteiger partial charge in [0.15, 0.2) is 0 Å². The number of hydrogen-bond donors (Lipinski definition) is 0. The van der Waals surface area contributed by atoms with Crippen molar-refractivity contribution in [2.45, 2.75) is 44.9 Å². The van der Waals surface area contributed by atoms with Crippen molar-refractivity contribution in [2.75, 3.05) is 13.2 Å². The fourth-order valence-electron chi connectivity index (χ4n) is 3.83. The first-order chi connectivity index (χ1) is 12.1. The largest absolute Gasteiger partial charge is 0.471 e. The van der Waals surface area contributed by atoms with Crippen molar-refractivity contribution in [3.05, 3.63) is 47.5 Å². The number of ether oxygens (including phenoxy) is 2. The maximum atomic E-state index is 13.0. The normalized spacial score (nSPS) is 25.7. The van der Waals surface area contributed by atoms with Crippen LogP contribution in [0.1, 0.15) is 34.7 Å². The highest BCUT2D eigenvalue weighted by Gasteiger charge is 2.45. The molecule has 0 N–H and O–H groups in total. The van der Waals surface area contributed by atoms with Crippen LogP contribution in [0.15, 0.2) is 34.9 Å². The molecule has 0 bridgehead atoms. The van der Waals surface area contributed by atoms with Crippen LogP contribution in [0.2, 0.25) is 0 Å². The predicted octanol–water partition coefficient (Wildman–Crippen LogP) is 2.74. The number of furan rings is 1. The second kappa shape index (κ2) is 6.52. The molecule has 6 heteroatoms. The summed E-state index contributed by atoms with van der Waals surface area (Å²) in [7, 11) is 0. The lowest BCUT2D eigenvalue weighted by Crippen LogP contribution is -2.56. The van der Waals surface area contributed by atoms with Crippen molar-refractivity contribution in [2.24, 2.45) is 0 Å². The van der Waals surface area contributed by atoms with Crippen LogP contribution < -0.4 is 4.74 Å². The molecule has 0 saturated carbocycles. The minimum Gasteiger partial charge on any atom is -0.471 e. The molecule has 2 aliphatic heterocycles. The van der Waals surface area contributed by atoms with Crippen LogP contribution in [0.25, 0.3) is 0 Å². The van der Waals surface area contributed by atoms with E-state index in [1.165, 1.54) is 0 Å². The summed E-state index contributed by atoms with van der Waals surface area (Å²) in [4.78, 5) is 19.2. The number of aromatic nitrogens is 1. The third-order valence-corrected chi connectivity index (χ3v) is 4.97. The van der Waals surface area contributed by atoms with Crippen molar-refractivity contribution >= 4 is 5.91 Å². The summed E-state index contributed by atoms with van der Waals surface area (Å²) in [6, 6.07) is 7.46. The topological polar surface area (TPSA) is 64.8 Å². The van der Waals surface area contributed by atoms with Gasteiger partial charge in [-0.3, -0.25) is 4.79 Å². The number of hydrogen-bond acceptors (Lipinski definition) is 5. The molecule has 3 atom stereocenters. The van der Waals surface area contributed by atoms with Gasteiger partial charge < -0.3 is 18.8 Å². The molecule has 0 aromatic carbocycles. The molecule has 4 heterocycles. The lowest BCUT2D eigenvalue weighted by molar-refractivity contribution is -0.0476. The molecular weight excluding hydrogens is 320 g/mol. The monoisotopic (exact) mass is 342 g/mol. The van der Waals surface area contributed by atoms with E-state index in [-0.39, 0.29) is 24.2 Å². The fourth-order valence-corrected chi connectivity index (χ4v) is 3.83. The summed E-state index contributed by atoms with van der Waals surface area (Å²) >= 11 is 0. The van der Waals surface area contributed by atoms with Gasteiger partial charge in [-0.2, -0.15) is 0 Å². The second-order valence-electron chi connectivity index (χ2n) is 6.63. The van der Waals surface area contributed by atoms with Gasteiger partial charge >= 0.3 is 0 Å². The number of carbonyl (C=O) groups is 1. The highest BCUT2D eigenvalue weighted by Crippen LogP contribution is 2.32. The van der Waals surface area contributed by atoms with Gasteiger partial charge in [0, 0.05) is 31.8 Å². The second-order valence-corrected chi connectivity index (χ2v) is 6.63. The van der Waals surface area contributed by atoms with Crippen molar-refractivity contribution < 1.29 is 18.7 Å². The average molecular weight is 342 g/mol. The van der Waals surface area contributed by atoms with E-state index >= 15 is 0 Å². The molecule has 0 unspecified atom stereocenters.